The van der Waals surface area contributed by atoms with E-state index in [9.17, 15) is 9.59 Å². The van der Waals surface area contributed by atoms with Crippen molar-refractivity contribution in [3.05, 3.63) is 88.3 Å². The van der Waals surface area contributed by atoms with E-state index in [2.05, 4.69) is 26.6 Å². The molecular formula is C26H30N4O3. The van der Waals surface area contributed by atoms with Gasteiger partial charge in [0.25, 0.3) is 5.56 Å². The summed E-state index contributed by atoms with van der Waals surface area (Å²) >= 11 is 0. The van der Waals surface area contributed by atoms with E-state index in [4.69, 9.17) is 4.74 Å². The number of carbonyl (C=O) groups excluding carboxylic acids is 1. The van der Waals surface area contributed by atoms with Crippen molar-refractivity contribution in [2.75, 3.05) is 30.3 Å². The van der Waals surface area contributed by atoms with E-state index in [1.807, 2.05) is 48.5 Å². The Morgan fingerprint density at radius 2 is 1.76 bits per heavy atom. The molecule has 3 N–H and O–H groups in total. The molecular weight excluding hydrogens is 416 g/mol. The van der Waals surface area contributed by atoms with Gasteiger partial charge in [0, 0.05) is 25.0 Å². The standard InChI is InChI=1S/C26H30N4O3/c31-25-24(23(13-15-28-25)27-14-12-20-8-3-1-4-9-20)33-26(32)29-22-11-7-10-21(18-22)19-30-16-5-2-6-17-30/h1,3-4,7-11,13,15,18H,2,5-6,12,14,16-17,19H2,(H,29,32)(H2,27,28,31). The molecule has 3 aromatic rings. The third-order valence-corrected chi connectivity index (χ3v) is 5.71. The molecule has 7 nitrogen and oxygen atoms in total. The first-order valence-electron chi connectivity index (χ1n) is 11.5. The molecule has 0 unspecified atom stereocenters. The number of amides is 1. The van der Waals surface area contributed by atoms with Gasteiger partial charge >= 0.3 is 6.09 Å². The molecule has 172 valence electrons. The summed E-state index contributed by atoms with van der Waals surface area (Å²) in [5.41, 5.74) is 2.97. The van der Waals surface area contributed by atoms with Crippen LogP contribution in [0.2, 0.25) is 0 Å². The number of rotatable bonds is 8. The number of pyridine rings is 1. The summed E-state index contributed by atoms with van der Waals surface area (Å²) in [6.07, 6.45) is 5.37. The van der Waals surface area contributed by atoms with Gasteiger partial charge < -0.3 is 15.0 Å². The van der Waals surface area contributed by atoms with E-state index in [1.54, 1.807) is 6.07 Å². The molecule has 2 heterocycles. The average Bonchev–Trinajstić information content (AvgIpc) is 2.83. The molecule has 4 rings (SSSR count). The smallest absolute Gasteiger partial charge is 0.402 e. The fourth-order valence-electron chi connectivity index (χ4n) is 4.05. The van der Waals surface area contributed by atoms with Gasteiger partial charge in [-0.15, -0.1) is 0 Å². The van der Waals surface area contributed by atoms with Crippen molar-refractivity contribution >= 4 is 17.5 Å². The van der Waals surface area contributed by atoms with E-state index in [1.165, 1.54) is 31.0 Å². The Morgan fingerprint density at radius 1 is 0.970 bits per heavy atom. The highest BCUT2D eigenvalue weighted by Gasteiger charge is 2.15. The molecule has 2 aromatic carbocycles. The Morgan fingerprint density at radius 3 is 2.58 bits per heavy atom. The number of aromatic amines is 1. The molecule has 33 heavy (non-hydrogen) atoms. The summed E-state index contributed by atoms with van der Waals surface area (Å²) < 4.78 is 5.41. The maximum Gasteiger partial charge on any atom is 0.417 e. The fraction of sp³-hybridized carbons (Fsp3) is 0.308. The van der Waals surface area contributed by atoms with Crippen molar-refractivity contribution in [1.29, 1.82) is 0 Å². The molecule has 0 aliphatic carbocycles. The van der Waals surface area contributed by atoms with Crippen LogP contribution in [-0.4, -0.2) is 35.6 Å². The summed E-state index contributed by atoms with van der Waals surface area (Å²) in [5.74, 6) is -0.0486. The number of hydrogen-bond donors (Lipinski definition) is 3. The molecule has 0 radical (unpaired) electrons. The lowest BCUT2D eigenvalue weighted by Gasteiger charge is -2.26. The average molecular weight is 447 g/mol. The first kappa shape index (κ1) is 22.6. The van der Waals surface area contributed by atoms with Crippen LogP contribution in [0, 0.1) is 0 Å². The van der Waals surface area contributed by atoms with Gasteiger partial charge in [-0.05, 0) is 61.7 Å². The molecule has 0 saturated carbocycles. The number of piperidine rings is 1. The number of likely N-dealkylation sites (tertiary alicyclic amines) is 1. The van der Waals surface area contributed by atoms with Crippen LogP contribution in [0.15, 0.2) is 71.7 Å². The number of anilines is 2. The van der Waals surface area contributed by atoms with Crippen LogP contribution in [0.4, 0.5) is 16.2 Å². The topological polar surface area (TPSA) is 86.5 Å². The minimum atomic E-state index is -0.701. The monoisotopic (exact) mass is 446 g/mol. The second kappa shape index (κ2) is 11.3. The quantitative estimate of drug-likeness (QED) is 0.470. The highest BCUT2D eigenvalue weighted by molar-refractivity contribution is 5.87. The van der Waals surface area contributed by atoms with Gasteiger partial charge in [-0.2, -0.15) is 0 Å². The van der Waals surface area contributed by atoms with Crippen molar-refractivity contribution < 1.29 is 9.53 Å². The van der Waals surface area contributed by atoms with Gasteiger partial charge in [-0.1, -0.05) is 48.9 Å². The Bertz CT molecular complexity index is 1110. The lowest BCUT2D eigenvalue weighted by molar-refractivity contribution is 0.214. The summed E-state index contributed by atoms with van der Waals surface area (Å²) in [7, 11) is 0. The van der Waals surface area contributed by atoms with E-state index < -0.39 is 11.7 Å². The van der Waals surface area contributed by atoms with Crippen molar-refractivity contribution in [2.45, 2.75) is 32.2 Å². The Labute approximate surface area is 193 Å². The highest BCUT2D eigenvalue weighted by atomic mass is 16.6. The maximum absolute atomic E-state index is 12.6. The second-order valence-electron chi connectivity index (χ2n) is 8.26. The van der Waals surface area contributed by atoms with Crippen LogP contribution < -0.4 is 20.9 Å². The molecule has 0 spiro atoms. The van der Waals surface area contributed by atoms with Crippen molar-refractivity contribution in [1.82, 2.24) is 9.88 Å². The predicted octanol–water partition coefficient (Wildman–Crippen LogP) is 4.63. The summed E-state index contributed by atoms with van der Waals surface area (Å²) in [6, 6.07) is 19.5. The van der Waals surface area contributed by atoms with Gasteiger partial charge in [0.05, 0.1) is 5.69 Å². The minimum absolute atomic E-state index is 0.0486. The molecule has 1 aliphatic rings. The lowest BCUT2D eigenvalue weighted by Crippen LogP contribution is -2.29. The van der Waals surface area contributed by atoms with Gasteiger partial charge in [-0.3, -0.25) is 15.0 Å². The van der Waals surface area contributed by atoms with E-state index in [0.29, 0.717) is 17.9 Å². The fourth-order valence-corrected chi connectivity index (χ4v) is 4.05. The largest absolute Gasteiger partial charge is 0.417 e. The van der Waals surface area contributed by atoms with Crippen LogP contribution in [0.5, 0.6) is 5.75 Å². The predicted molar refractivity (Wildman–Crippen MR) is 131 cm³/mol. The number of hydrogen-bond acceptors (Lipinski definition) is 5. The first-order valence-corrected chi connectivity index (χ1v) is 11.5. The van der Waals surface area contributed by atoms with Gasteiger partial charge in [0.2, 0.25) is 5.75 Å². The number of benzene rings is 2. The zero-order valence-electron chi connectivity index (χ0n) is 18.7. The Hall–Kier alpha value is -3.58. The SMILES string of the molecule is O=C(Nc1cccc(CN2CCCCC2)c1)Oc1c(NCCc2ccccc2)cc[nH]c1=O. The molecule has 1 saturated heterocycles. The number of nitrogens with one attached hydrogen (secondary N) is 3. The molecule has 7 heteroatoms. The maximum atomic E-state index is 12.6. The summed E-state index contributed by atoms with van der Waals surface area (Å²) in [6.45, 7) is 3.68. The Kier molecular flexibility index (Phi) is 7.76. The van der Waals surface area contributed by atoms with E-state index in [0.717, 1.165) is 31.6 Å². The third kappa shape index (κ3) is 6.70. The van der Waals surface area contributed by atoms with Crippen LogP contribution in [0.25, 0.3) is 0 Å². The van der Waals surface area contributed by atoms with Crippen molar-refractivity contribution in [3.8, 4) is 5.75 Å². The van der Waals surface area contributed by atoms with Gasteiger partial charge in [-0.25, -0.2) is 4.79 Å². The normalized spacial score (nSPS) is 13.9. The van der Waals surface area contributed by atoms with Crippen LogP contribution in [0.3, 0.4) is 0 Å². The highest BCUT2D eigenvalue weighted by Crippen LogP contribution is 2.20. The Balaban J connectivity index is 1.36. The molecule has 0 atom stereocenters. The minimum Gasteiger partial charge on any atom is -0.402 e. The number of H-pyrrole nitrogens is 1. The molecule has 1 aromatic heterocycles. The van der Waals surface area contributed by atoms with Crippen molar-refractivity contribution in [3.63, 3.8) is 0 Å². The van der Waals surface area contributed by atoms with Crippen LogP contribution >= 0.6 is 0 Å². The van der Waals surface area contributed by atoms with Gasteiger partial charge in [0.1, 0.15) is 0 Å². The zero-order valence-corrected chi connectivity index (χ0v) is 18.7. The van der Waals surface area contributed by atoms with Crippen molar-refractivity contribution in [2.24, 2.45) is 0 Å². The zero-order chi connectivity index (χ0) is 22.9. The first-order chi connectivity index (χ1) is 16.2. The van der Waals surface area contributed by atoms with Gasteiger partial charge in [0.15, 0.2) is 0 Å². The summed E-state index contributed by atoms with van der Waals surface area (Å²) in [4.78, 5) is 29.9. The number of aromatic nitrogens is 1. The molecule has 1 fully saturated rings. The lowest BCUT2D eigenvalue weighted by atomic mass is 10.1. The van der Waals surface area contributed by atoms with E-state index >= 15 is 0 Å². The second-order valence-corrected chi connectivity index (χ2v) is 8.26. The molecule has 1 aliphatic heterocycles. The summed E-state index contributed by atoms with van der Waals surface area (Å²) in [5, 5.41) is 5.94. The number of ether oxygens (including phenoxy) is 1. The van der Waals surface area contributed by atoms with E-state index in [-0.39, 0.29) is 5.75 Å². The van der Waals surface area contributed by atoms with Crippen LogP contribution in [0.1, 0.15) is 30.4 Å². The third-order valence-electron chi connectivity index (χ3n) is 5.71. The number of nitrogens with zero attached hydrogens (tertiary/aromatic N) is 1. The number of carbonyl (C=O) groups is 1. The molecule has 0 bridgehead atoms. The molecule has 1 amide bonds. The van der Waals surface area contributed by atoms with Crippen LogP contribution in [-0.2, 0) is 13.0 Å².